The lowest BCUT2D eigenvalue weighted by atomic mass is 10.1. The maximum atomic E-state index is 12.0. The number of hydrazine groups is 1. The summed E-state index contributed by atoms with van der Waals surface area (Å²) in [4.78, 5) is 23.5. The van der Waals surface area contributed by atoms with Gasteiger partial charge in [-0.25, -0.2) is 0 Å². The third-order valence-corrected chi connectivity index (χ3v) is 3.11. The molecule has 0 spiro atoms. The SMILES string of the molecule is CN1C(=O)CCN1c1ccccc1C(=O)CCN. The Kier molecular flexibility index (Phi) is 3.62. The molecule has 96 valence electrons. The van der Waals surface area contributed by atoms with Gasteiger partial charge in [0.15, 0.2) is 5.78 Å². The van der Waals surface area contributed by atoms with E-state index in [1.165, 1.54) is 0 Å². The summed E-state index contributed by atoms with van der Waals surface area (Å²) in [7, 11) is 1.72. The highest BCUT2D eigenvalue weighted by Crippen LogP contribution is 2.26. The minimum absolute atomic E-state index is 0.0147. The molecule has 1 heterocycles. The monoisotopic (exact) mass is 247 g/mol. The number of nitrogens with two attached hydrogens (primary N) is 1. The molecule has 1 saturated heterocycles. The largest absolute Gasteiger partial charge is 0.330 e. The summed E-state index contributed by atoms with van der Waals surface area (Å²) in [6.45, 7) is 0.949. The van der Waals surface area contributed by atoms with Gasteiger partial charge in [-0.3, -0.25) is 19.6 Å². The Morgan fingerprint density at radius 1 is 1.39 bits per heavy atom. The molecular formula is C13H17N3O2. The van der Waals surface area contributed by atoms with Gasteiger partial charge in [0.05, 0.1) is 5.69 Å². The molecule has 0 aromatic heterocycles. The van der Waals surface area contributed by atoms with Crippen molar-refractivity contribution in [1.29, 1.82) is 0 Å². The quantitative estimate of drug-likeness (QED) is 0.799. The number of Topliss-reactive ketones (excluding diaryl/α,β-unsaturated/α-hetero) is 1. The van der Waals surface area contributed by atoms with Crippen molar-refractivity contribution in [2.75, 3.05) is 25.1 Å². The summed E-state index contributed by atoms with van der Waals surface area (Å²) in [5.74, 6) is 0.0805. The fourth-order valence-electron chi connectivity index (χ4n) is 2.13. The van der Waals surface area contributed by atoms with Gasteiger partial charge in [0.1, 0.15) is 0 Å². The number of carbonyl (C=O) groups is 2. The number of hydrogen-bond acceptors (Lipinski definition) is 4. The molecule has 0 bridgehead atoms. The van der Waals surface area contributed by atoms with Crippen LogP contribution in [0.25, 0.3) is 0 Å². The van der Waals surface area contributed by atoms with E-state index >= 15 is 0 Å². The zero-order valence-electron chi connectivity index (χ0n) is 10.4. The standard InChI is InChI=1S/C13H17N3O2/c1-15-13(18)7-9-16(15)11-5-3-2-4-10(11)12(17)6-8-14/h2-5H,6-9,14H2,1H3. The first kappa shape index (κ1) is 12.6. The fourth-order valence-corrected chi connectivity index (χ4v) is 2.13. The predicted octanol–water partition coefficient (Wildman–Crippen LogP) is 0.802. The summed E-state index contributed by atoms with van der Waals surface area (Å²) in [6.07, 6.45) is 0.804. The average Bonchev–Trinajstić information content (AvgIpc) is 2.70. The van der Waals surface area contributed by atoms with Crippen molar-refractivity contribution in [2.45, 2.75) is 12.8 Å². The Labute approximate surface area is 106 Å². The molecule has 1 amide bonds. The van der Waals surface area contributed by atoms with Gasteiger partial charge < -0.3 is 5.73 Å². The summed E-state index contributed by atoms with van der Waals surface area (Å²) in [5, 5.41) is 3.40. The highest BCUT2D eigenvalue weighted by molar-refractivity contribution is 6.02. The van der Waals surface area contributed by atoms with Crippen LogP contribution in [0.1, 0.15) is 23.2 Å². The molecule has 5 nitrogen and oxygen atoms in total. The molecule has 1 aliphatic rings. The lowest BCUT2D eigenvalue weighted by molar-refractivity contribution is -0.126. The van der Waals surface area contributed by atoms with Gasteiger partial charge in [0, 0.05) is 32.0 Å². The maximum absolute atomic E-state index is 12.0. The average molecular weight is 247 g/mol. The minimum atomic E-state index is 0.0147. The summed E-state index contributed by atoms with van der Waals surface area (Å²) < 4.78 is 0. The second-order valence-electron chi connectivity index (χ2n) is 4.27. The van der Waals surface area contributed by atoms with E-state index in [-0.39, 0.29) is 11.7 Å². The molecule has 0 unspecified atom stereocenters. The molecule has 1 aliphatic heterocycles. The van der Waals surface area contributed by atoms with Crippen LogP contribution in [0.2, 0.25) is 0 Å². The smallest absolute Gasteiger partial charge is 0.242 e. The van der Waals surface area contributed by atoms with Crippen LogP contribution in [0, 0.1) is 0 Å². The zero-order chi connectivity index (χ0) is 13.1. The van der Waals surface area contributed by atoms with Gasteiger partial charge in [-0.15, -0.1) is 0 Å². The number of carbonyl (C=O) groups excluding carboxylic acids is 2. The van der Waals surface area contributed by atoms with Crippen molar-refractivity contribution in [3.8, 4) is 0 Å². The highest BCUT2D eigenvalue weighted by atomic mass is 16.2. The lowest BCUT2D eigenvalue weighted by Gasteiger charge is -2.27. The molecular weight excluding hydrogens is 230 g/mol. The second-order valence-corrected chi connectivity index (χ2v) is 4.27. The minimum Gasteiger partial charge on any atom is -0.330 e. The van der Waals surface area contributed by atoms with Gasteiger partial charge in [0.2, 0.25) is 5.91 Å². The summed E-state index contributed by atoms with van der Waals surface area (Å²) in [5.41, 5.74) is 6.83. The Hall–Kier alpha value is -1.88. The second kappa shape index (κ2) is 5.18. The molecule has 0 saturated carbocycles. The highest BCUT2D eigenvalue weighted by Gasteiger charge is 2.28. The molecule has 1 aromatic rings. The van der Waals surface area contributed by atoms with E-state index in [4.69, 9.17) is 5.73 Å². The van der Waals surface area contributed by atoms with E-state index in [0.717, 1.165) is 5.69 Å². The first-order valence-electron chi connectivity index (χ1n) is 6.01. The molecule has 2 rings (SSSR count). The van der Waals surface area contributed by atoms with Gasteiger partial charge in [-0.05, 0) is 18.7 Å². The van der Waals surface area contributed by atoms with Crippen LogP contribution in [0.5, 0.6) is 0 Å². The maximum Gasteiger partial charge on any atom is 0.242 e. The first-order chi connectivity index (χ1) is 8.65. The molecule has 2 N–H and O–H groups in total. The summed E-state index contributed by atoms with van der Waals surface area (Å²) in [6, 6.07) is 7.33. The van der Waals surface area contributed by atoms with Gasteiger partial charge >= 0.3 is 0 Å². The molecule has 0 radical (unpaired) electrons. The molecule has 18 heavy (non-hydrogen) atoms. The van der Waals surface area contributed by atoms with Crippen molar-refractivity contribution in [3.63, 3.8) is 0 Å². The molecule has 1 fully saturated rings. The Balaban J connectivity index is 2.33. The van der Waals surface area contributed by atoms with Crippen molar-refractivity contribution in [3.05, 3.63) is 29.8 Å². The molecule has 5 heteroatoms. The summed E-state index contributed by atoms with van der Waals surface area (Å²) >= 11 is 0. The van der Waals surface area contributed by atoms with Gasteiger partial charge in [-0.1, -0.05) is 12.1 Å². The number of hydrogen-bond donors (Lipinski definition) is 1. The fraction of sp³-hybridized carbons (Fsp3) is 0.385. The number of amides is 1. The number of ketones is 1. The van der Waals surface area contributed by atoms with Crippen LogP contribution in [-0.2, 0) is 4.79 Å². The van der Waals surface area contributed by atoms with Gasteiger partial charge in [-0.2, -0.15) is 0 Å². The number of anilines is 1. The van der Waals surface area contributed by atoms with Crippen molar-refractivity contribution in [2.24, 2.45) is 5.73 Å². The number of rotatable bonds is 4. The normalized spacial score (nSPS) is 15.3. The number of para-hydroxylation sites is 1. The van der Waals surface area contributed by atoms with E-state index in [1.54, 1.807) is 18.1 Å². The molecule has 1 aromatic carbocycles. The van der Waals surface area contributed by atoms with Crippen LogP contribution >= 0.6 is 0 Å². The Morgan fingerprint density at radius 3 is 2.72 bits per heavy atom. The van der Waals surface area contributed by atoms with E-state index in [2.05, 4.69) is 0 Å². The zero-order valence-corrected chi connectivity index (χ0v) is 10.4. The molecule has 0 aliphatic carbocycles. The van der Waals surface area contributed by atoms with Crippen LogP contribution in [-0.4, -0.2) is 36.8 Å². The van der Waals surface area contributed by atoms with Crippen LogP contribution in [0.3, 0.4) is 0 Å². The van der Waals surface area contributed by atoms with Crippen LogP contribution in [0.4, 0.5) is 5.69 Å². The van der Waals surface area contributed by atoms with Gasteiger partial charge in [0.25, 0.3) is 0 Å². The third kappa shape index (κ3) is 2.22. The van der Waals surface area contributed by atoms with Crippen molar-refractivity contribution < 1.29 is 9.59 Å². The van der Waals surface area contributed by atoms with Crippen LogP contribution < -0.4 is 10.7 Å². The Morgan fingerprint density at radius 2 is 2.11 bits per heavy atom. The van der Waals surface area contributed by atoms with Crippen molar-refractivity contribution in [1.82, 2.24) is 5.01 Å². The van der Waals surface area contributed by atoms with E-state index < -0.39 is 0 Å². The third-order valence-electron chi connectivity index (χ3n) is 3.11. The number of benzene rings is 1. The predicted molar refractivity (Wildman–Crippen MR) is 69.2 cm³/mol. The molecule has 0 atom stereocenters. The number of nitrogens with zero attached hydrogens (tertiary/aromatic N) is 2. The van der Waals surface area contributed by atoms with Crippen molar-refractivity contribution >= 4 is 17.4 Å². The topological polar surface area (TPSA) is 66.6 Å². The van der Waals surface area contributed by atoms with E-state index in [1.807, 2.05) is 23.2 Å². The Bertz CT molecular complexity index is 473. The first-order valence-corrected chi connectivity index (χ1v) is 6.01. The lowest BCUT2D eigenvalue weighted by Crippen LogP contribution is -2.36. The van der Waals surface area contributed by atoms with Crippen LogP contribution in [0.15, 0.2) is 24.3 Å². The van der Waals surface area contributed by atoms with E-state index in [0.29, 0.717) is 31.5 Å². The van der Waals surface area contributed by atoms with E-state index in [9.17, 15) is 9.59 Å².